The van der Waals surface area contributed by atoms with Crippen molar-refractivity contribution in [1.29, 1.82) is 0 Å². The van der Waals surface area contributed by atoms with E-state index in [1.807, 2.05) is 0 Å². The maximum atomic E-state index is 3.52. The first-order valence-electron chi connectivity index (χ1n) is 5.32. The highest BCUT2D eigenvalue weighted by atomic mass is 32.2. The van der Waals surface area contributed by atoms with E-state index in [2.05, 4.69) is 48.3 Å². The number of thioether (sulfide) groups is 1. The normalized spacial score (nSPS) is 22.5. The minimum atomic E-state index is 0.622. The van der Waals surface area contributed by atoms with Crippen LogP contribution in [-0.2, 0) is 0 Å². The fraction of sp³-hybridized carbons (Fsp3) is 0.500. The largest absolute Gasteiger partial charge is 0.385 e. The van der Waals surface area contributed by atoms with Gasteiger partial charge in [-0.2, -0.15) is 11.8 Å². The zero-order valence-corrected chi connectivity index (χ0v) is 9.44. The molecule has 1 N–H and O–H groups in total. The third-order valence-corrected chi connectivity index (χ3v) is 3.93. The molecule has 1 aromatic carbocycles. The van der Waals surface area contributed by atoms with E-state index in [1.54, 1.807) is 0 Å². The van der Waals surface area contributed by atoms with E-state index in [-0.39, 0.29) is 0 Å². The Morgan fingerprint density at radius 3 is 3.07 bits per heavy atom. The first-order chi connectivity index (χ1) is 6.88. The lowest BCUT2D eigenvalue weighted by molar-refractivity contribution is 0.844. The standard InChI is InChI=1S/C12H17NS/c1-10-11-6-2-3-7-12(11)13-8-4-5-9-14-10/h2-3,6-7,10,13H,4-5,8-9H2,1H3. The van der Waals surface area contributed by atoms with E-state index in [0.29, 0.717) is 5.25 Å². The van der Waals surface area contributed by atoms with Gasteiger partial charge in [-0.05, 0) is 37.1 Å². The van der Waals surface area contributed by atoms with Crippen molar-refractivity contribution < 1.29 is 0 Å². The molecule has 1 aliphatic heterocycles. The second-order valence-electron chi connectivity index (χ2n) is 3.73. The molecule has 0 bridgehead atoms. The fourth-order valence-corrected chi connectivity index (χ4v) is 2.92. The van der Waals surface area contributed by atoms with Crippen LogP contribution >= 0.6 is 11.8 Å². The van der Waals surface area contributed by atoms with Crippen molar-refractivity contribution in [1.82, 2.24) is 0 Å². The van der Waals surface area contributed by atoms with E-state index in [9.17, 15) is 0 Å². The van der Waals surface area contributed by atoms with Gasteiger partial charge in [-0.25, -0.2) is 0 Å². The molecule has 0 saturated carbocycles. The summed E-state index contributed by atoms with van der Waals surface area (Å²) in [7, 11) is 0. The summed E-state index contributed by atoms with van der Waals surface area (Å²) in [5.41, 5.74) is 2.79. The Balaban J connectivity index is 2.26. The molecule has 0 radical (unpaired) electrons. The molecule has 1 unspecified atom stereocenters. The average Bonchev–Trinajstić information content (AvgIpc) is 2.30. The van der Waals surface area contributed by atoms with Crippen LogP contribution in [0.2, 0.25) is 0 Å². The first kappa shape index (κ1) is 9.91. The number of hydrogen-bond acceptors (Lipinski definition) is 2. The predicted octanol–water partition coefficient (Wildman–Crippen LogP) is 3.69. The Morgan fingerprint density at radius 1 is 1.29 bits per heavy atom. The van der Waals surface area contributed by atoms with Gasteiger partial charge in [0.15, 0.2) is 0 Å². The minimum Gasteiger partial charge on any atom is -0.385 e. The summed E-state index contributed by atoms with van der Waals surface area (Å²) in [4.78, 5) is 0. The van der Waals surface area contributed by atoms with Crippen molar-refractivity contribution in [3.63, 3.8) is 0 Å². The molecule has 1 nitrogen and oxygen atoms in total. The molecule has 2 rings (SSSR count). The lowest BCUT2D eigenvalue weighted by Crippen LogP contribution is -2.03. The van der Waals surface area contributed by atoms with E-state index in [4.69, 9.17) is 0 Å². The SMILES string of the molecule is CC1SCCCCNc2ccccc21. The van der Waals surface area contributed by atoms with Gasteiger partial charge in [0.1, 0.15) is 0 Å². The maximum Gasteiger partial charge on any atom is 0.0383 e. The van der Waals surface area contributed by atoms with Crippen LogP contribution < -0.4 is 5.32 Å². The Morgan fingerprint density at radius 2 is 2.14 bits per heavy atom. The molecule has 76 valence electrons. The lowest BCUT2D eigenvalue weighted by atomic mass is 10.1. The molecule has 1 aromatic rings. The number of fused-ring (bicyclic) bond motifs is 1. The van der Waals surface area contributed by atoms with Gasteiger partial charge < -0.3 is 5.32 Å². The van der Waals surface area contributed by atoms with Crippen molar-refractivity contribution in [3.8, 4) is 0 Å². The molecule has 1 aliphatic rings. The molecule has 1 heterocycles. The summed E-state index contributed by atoms with van der Waals surface area (Å²) >= 11 is 2.07. The number of hydrogen-bond donors (Lipinski definition) is 1. The van der Waals surface area contributed by atoms with Gasteiger partial charge in [-0.1, -0.05) is 18.2 Å². The zero-order chi connectivity index (χ0) is 9.80. The highest BCUT2D eigenvalue weighted by Crippen LogP contribution is 2.34. The zero-order valence-electron chi connectivity index (χ0n) is 8.62. The smallest absolute Gasteiger partial charge is 0.0383 e. The second-order valence-corrected chi connectivity index (χ2v) is 5.18. The molecule has 0 amide bonds. The van der Waals surface area contributed by atoms with Crippen LogP contribution in [0.4, 0.5) is 5.69 Å². The average molecular weight is 207 g/mol. The molecule has 0 fully saturated rings. The quantitative estimate of drug-likeness (QED) is 0.696. The number of anilines is 1. The van der Waals surface area contributed by atoms with Crippen LogP contribution in [0.5, 0.6) is 0 Å². The van der Waals surface area contributed by atoms with Gasteiger partial charge in [0.2, 0.25) is 0 Å². The topological polar surface area (TPSA) is 12.0 Å². The number of rotatable bonds is 0. The fourth-order valence-electron chi connectivity index (χ4n) is 1.81. The third-order valence-electron chi connectivity index (χ3n) is 2.65. The molecule has 14 heavy (non-hydrogen) atoms. The van der Waals surface area contributed by atoms with Crippen molar-refractivity contribution >= 4 is 17.4 Å². The van der Waals surface area contributed by atoms with Crippen LogP contribution in [-0.4, -0.2) is 12.3 Å². The summed E-state index contributed by atoms with van der Waals surface area (Å²) in [6.45, 7) is 3.42. The van der Waals surface area contributed by atoms with Crippen molar-refractivity contribution in [2.24, 2.45) is 0 Å². The first-order valence-corrected chi connectivity index (χ1v) is 6.37. The van der Waals surface area contributed by atoms with Crippen molar-refractivity contribution in [3.05, 3.63) is 29.8 Å². The van der Waals surface area contributed by atoms with Crippen molar-refractivity contribution in [2.45, 2.75) is 25.0 Å². The van der Waals surface area contributed by atoms with E-state index in [0.717, 1.165) is 6.54 Å². The monoisotopic (exact) mass is 207 g/mol. The summed E-state index contributed by atoms with van der Waals surface area (Å²) in [5, 5.41) is 4.14. The van der Waals surface area contributed by atoms with Crippen molar-refractivity contribution in [2.75, 3.05) is 17.6 Å². The Labute approximate surface area is 90.3 Å². The molecule has 0 saturated heterocycles. The molecular weight excluding hydrogens is 190 g/mol. The molecule has 0 spiro atoms. The summed E-state index contributed by atoms with van der Waals surface area (Å²) in [6.07, 6.45) is 2.62. The molecule has 2 heteroatoms. The molecular formula is C12H17NS. The van der Waals surface area contributed by atoms with Crippen LogP contribution in [0.25, 0.3) is 0 Å². The van der Waals surface area contributed by atoms with Gasteiger partial charge in [0.05, 0.1) is 0 Å². The molecule has 0 aliphatic carbocycles. The van der Waals surface area contributed by atoms with E-state index >= 15 is 0 Å². The Kier molecular flexibility index (Phi) is 3.35. The molecule has 1 atom stereocenters. The Hall–Kier alpha value is -0.630. The highest BCUT2D eigenvalue weighted by molar-refractivity contribution is 7.99. The van der Waals surface area contributed by atoms with E-state index < -0.39 is 0 Å². The summed E-state index contributed by atoms with van der Waals surface area (Å²) in [6, 6.07) is 8.68. The van der Waals surface area contributed by atoms with Crippen LogP contribution in [0.3, 0.4) is 0 Å². The number of para-hydroxylation sites is 1. The van der Waals surface area contributed by atoms with Gasteiger partial charge in [0.25, 0.3) is 0 Å². The van der Waals surface area contributed by atoms with Gasteiger partial charge in [-0.15, -0.1) is 0 Å². The predicted molar refractivity (Wildman–Crippen MR) is 65.0 cm³/mol. The van der Waals surface area contributed by atoms with Crippen LogP contribution in [0, 0.1) is 0 Å². The summed E-state index contributed by atoms with van der Waals surface area (Å²) in [5.74, 6) is 1.29. The minimum absolute atomic E-state index is 0.622. The number of nitrogens with one attached hydrogen (secondary N) is 1. The molecule has 0 aromatic heterocycles. The highest BCUT2D eigenvalue weighted by Gasteiger charge is 2.11. The Bertz CT molecular complexity index is 298. The van der Waals surface area contributed by atoms with Gasteiger partial charge >= 0.3 is 0 Å². The maximum absolute atomic E-state index is 3.52. The van der Waals surface area contributed by atoms with Crippen LogP contribution in [0.1, 0.15) is 30.6 Å². The number of benzene rings is 1. The third kappa shape index (κ3) is 2.24. The lowest BCUT2D eigenvalue weighted by Gasteiger charge is -2.14. The summed E-state index contributed by atoms with van der Waals surface area (Å²) < 4.78 is 0. The second kappa shape index (κ2) is 4.74. The van der Waals surface area contributed by atoms with Gasteiger partial charge in [0, 0.05) is 17.5 Å². The van der Waals surface area contributed by atoms with Crippen LogP contribution in [0.15, 0.2) is 24.3 Å². The van der Waals surface area contributed by atoms with Gasteiger partial charge in [-0.3, -0.25) is 0 Å². The van der Waals surface area contributed by atoms with E-state index in [1.165, 1.54) is 29.8 Å².